The molecule has 0 heterocycles. The molecule has 30 heavy (non-hydrogen) atoms. The van der Waals surface area contributed by atoms with Crippen LogP contribution in [0.2, 0.25) is 0 Å². The van der Waals surface area contributed by atoms with Crippen LogP contribution < -0.4 is 67.8 Å². The number of hydrogen-bond donors (Lipinski definition) is 3. The maximum Gasteiger partial charge on any atom is 1.00 e. The summed E-state index contributed by atoms with van der Waals surface area (Å²) >= 11 is 1.94. The molecule has 1 aromatic carbocycles. The zero-order valence-corrected chi connectivity index (χ0v) is 23.9. The molecule has 0 saturated carbocycles. The smallest absolute Gasteiger partial charge is 0.390 e. The van der Waals surface area contributed by atoms with Gasteiger partial charge in [-0.2, -0.15) is 0 Å². The van der Waals surface area contributed by atoms with Crippen LogP contribution in [0.1, 0.15) is 38.7 Å². The fraction of sp³-hybridized carbons (Fsp3) is 0.500. The van der Waals surface area contributed by atoms with Gasteiger partial charge in [-0.3, -0.25) is 14.4 Å². The van der Waals surface area contributed by atoms with E-state index in [1.165, 1.54) is 0 Å². The molecule has 0 fully saturated rings. The molecule has 1 rings (SSSR count). The third-order valence-corrected chi connectivity index (χ3v) is 6.24. The Balaban J connectivity index is 0.00000841. The van der Waals surface area contributed by atoms with E-state index in [1.54, 1.807) is 0 Å². The van der Waals surface area contributed by atoms with Gasteiger partial charge in [0.05, 0.1) is 12.6 Å². The fourth-order valence-electron chi connectivity index (χ4n) is 2.77. The van der Waals surface area contributed by atoms with Crippen molar-refractivity contribution in [2.45, 2.75) is 51.6 Å². The SMILES string of the molecule is CC(C)CC(NC(=O)C(Cc1ccccc1)NC(=O)CN)C(=O)CCC(=O)[P-]I.[K+]. The van der Waals surface area contributed by atoms with Gasteiger partial charge in [0.2, 0.25) is 11.8 Å². The summed E-state index contributed by atoms with van der Waals surface area (Å²) in [6.07, 6.45) is 1.58. The first-order valence-corrected chi connectivity index (χ1v) is 13.2. The second-order valence-corrected chi connectivity index (χ2v) is 9.26. The van der Waals surface area contributed by atoms with Crippen molar-refractivity contribution < 1.29 is 70.6 Å². The average Bonchev–Trinajstić information content (AvgIpc) is 2.70. The van der Waals surface area contributed by atoms with Gasteiger partial charge in [0.1, 0.15) is 6.04 Å². The molecule has 0 saturated heterocycles. The van der Waals surface area contributed by atoms with Crippen molar-refractivity contribution in [2.75, 3.05) is 6.54 Å². The fourth-order valence-corrected chi connectivity index (χ4v) is 3.69. The Labute approximate surface area is 235 Å². The quantitative estimate of drug-likeness (QED) is 0.166. The van der Waals surface area contributed by atoms with E-state index >= 15 is 0 Å². The first kappa shape index (κ1) is 30.3. The Hall–Kier alpha value is 0.256. The van der Waals surface area contributed by atoms with Gasteiger partial charge in [0.25, 0.3) is 0 Å². The van der Waals surface area contributed by atoms with Crippen LogP contribution in [0.5, 0.6) is 0 Å². The molecule has 2 unspecified atom stereocenters. The molecule has 2 atom stereocenters. The molecular weight excluding hydrogens is 543 g/mol. The summed E-state index contributed by atoms with van der Waals surface area (Å²) in [5.74, 6) is -0.884. The van der Waals surface area contributed by atoms with Crippen molar-refractivity contribution in [3.63, 3.8) is 0 Å². The number of nitrogens with two attached hydrogens (primary N) is 1. The minimum absolute atomic E-state index is 0. The summed E-state index contributed by atoms with van der Waals surface area (Å²) in [4.78, 5) is 48.8. The van der Waals surface area contributed by atoms with E-state index in [0.29, 0.717) is 12.6 Å². The number of benzene rings is 1. The molecular formula is C20H28IKN3O4P. The number of Topliss-reactive ketones (excluding diaryl/α,β-unsaturated/α-hetero) is 1. The first-order chi connectivity index (χ1) is 13.8. The van der Waals surface area contributed by atoms with Crippen molar-refractivity contribution >= 4 is 51.4 Å². The summed E-state index contributed by atoms with van der Waals surface area (Å²) < 4.78 is 0. The van der Waals surface area contributed by atoms with Crippen LogP contribution in [0, 0.1) is 5.92 Å². The monoisotopic (exact) mass is 571 g/mol. The second kappa shape index (κ2) is 16.8. The molecule has 0 aliphatic carbocycles. The number of rotatable bonds is 13. The van der Waals surface area contributed by atoms with Crippen LogP contribution >= 0.6 is 28.3 Å². The Kier molecular flexibility index (Phi) is 17.0. The van der Waals surface area contributed by atoms with Gasteiger partial charge >= 0.3 is 51.4 Å². The Morgan fingerprint density at radius 3 is 2.20 bits per heavy atom. The Bertz CT molecular complexity index is 707. The van der Waals surface area contributed by atoms with Gasteiger partial charge in [-0.25, -0.2) is 0 Å². The molecule has 0 aliphatic rings. The molecule has 4 N–H and O–H groups in total. The maximum atomic E-state index is 12.9. The van der Waals surface area contributed by atoms with Crippen molar-refractivity contribution in [1.82, 2.24) is 10.6 Å². The van der Waals surface area contributed by atoms with Gasteiger partial charge < -0.3 is 49.4 Å². The molecule has 0 bridgehead atoms. The van der Waals surface area contributed by atoms with Crippen LogP contribution in [0.4, 0.5) is 0 Å². The van der Waals surface area contributed by atoms with Gasteiger partial charge in [0.15, 0.2) is 5.78 Å². The van der Waals surface area contributed by atoms with E-state index < -0.39 is 23.9 Å². The van der Waals surface area contributed by atoms with Crippen LogP contribution in [-0.4, -0.2) is 41.8 Å². The minimum atomic E-state index is -0.842. The summed E-state index contributed by atoms with van der Waals surface area (Å²) in [6, 6.07) is 7.75. The van der Waals surface area contributed by atoms with Crippen molar-refractivity contribution in [3.05, 3.63) is 35.9 Å². The standard InChI is InChI=1S/C20H28IN3O4P.K/c1-13(2)10-15(17(25)8-9-19(27)29-21)24-20(28)16(23-18(26)12-22)11-14-6-4-3-5-7-14;/h3-7,13,15-16H,8-12,22H2,1-2H3,(H,23,26)(H,24,28);/q-1;+1. The topological polar surface area (TPSA) is 118 Å². The van der Waals surface area contributed by atoms with Gasteiger partial charge in [-0.15, -0.1) is 0 Å². The number of nitrogens with one attached hydrogen (secondary N) is 2. The summed E-state index contributed by atoms with van der Waals surface area (Å²) in [7, 11) is 0. The molecule has 2 amide bonds. The van der Waals surface area contributed by atoms with E-state index in [1.807, 2.05) is 66.2 Å². The number of ketones is 1. The molecule has 0 aromatic heterocycles. The molecule has 0 aliphatic heterocycles. The number of halogens is 1. The van der Waals surface area contributed by atoms with Crippen molar-refractivity contribution in [3.8, 4) is 0 Å². The largest absolute Gasteiger partial charge is 1.00 e. The number of amides is 2. The van der Waals surface area contributed by atoms with E-state index in [9.17, 15) is 19.2 Å². The van der Waals surface area contributed by atoms with Gasteiger partial charge in [-0.05, 0) is 29.8 Å². The van der Waals surface area contributed by atoms with Gasteiger partial charge in [0, 0.05) is 12.8 Å². The summed E-state index contributed by atoms with van der Waals surface area (Å²) in [5.41, 5.74) is 6.23. The molecule has 7 nitrogen and oxygen atoms in total. The van der Waals surface area contributed by atoms with E-state index in [-0.39, 0.29) is 94.4 Å². The van der Waals surface area contributed by atoms with Crippen molar-refractivity contribution in [2.24, 2.45) is 11.7 Å². The number of carbonyl (C=O) groups excluding carboxylic acids is 4. The van der Waals surface area contributed by atoms with Crippen LogP contribution in [0.15, 0.2) is 30.3 Å². The first-order valence-electron chi connectivity index (χ1n) is 9.48. The predicted octanol–water partition coefficient (Wildman–Crippen LogP) is -0.620. The summed E-state index contributed by atoms with van der Waals surface area (Å²) in [5, 5.41) is 5.41. The zero-order valence-electron chi connectivity index (χ0n) is 17.7. The second-order valence-electron chi connectivity index (χ2n) is 7.15. The van der Waals surface area contributed by atoms with E-state index in [4.69, 9.17) is 5.73 Å². The molecule has 160 valence electrons. The predicted molar refractivity (Wildman–Crippen MR) is 123 cm³/mol. The molecule has 1 aromatic rings. The number of hydrogen-bond acceptors (Lipinski definition) is 5. The molecule has 0 radical (unpaired) electrons. The zero-order chi connectivity index (χ0) is 21.8. The molecule has 0 spiro atoms. The Morgan fingerprint density at radius 2 is 1.67 bits per heavy atom. The average molecular weight is 571 g/mol. The van der Waals surface area contributed by atoms with Crippen LogP contribution in [0.25, 0.3) is 0 Å². The third-order valence-electron chi connectivity index (χ3n) is 4.21. The third kappa shape index (κ3) is 12.3. The van der Waals surface area contributed by atoms with Crippen LogP contribution in [0.3, 0.4) is 0 Å². The summed E-state index contributed by atoms with van der Waals surface area (Å²) in [6.45, 7) is 3.68. The van der Waals surface area contributed by atoms with Gasteiger partial charge in [-0.1, -0.05) is 44.2 Å². The van der Waals surface area contributed by atoms with E-state index in [2.05, 4.69) is 10.6 Å². The van der Waals surface area contributed by atoms with E-state index in [0.717, 1.165) is 5.56 Å². The normalized spacial score (nSPS) is 12.8. The van der Waals surface area contributed by atoms with Crippen LogP contribution in [-0.2, 0) is 25.6 Å². The maximum absolute atomic E-state index is 12.9. The van der Waals surface area contributed by atoms with Crippen molar-refractivity contribution in [1.29, 1.82) is 0 Å². The minimum Gasteiger partial charge on any atom is -0.390 e. The number of carbonyl (C=O) groups is 4. The molecule has 10 heteroatoms. The Morgan fingerprint density at radius 1 is 1.03 bits per heavy atom.